The van der Waals surface area contributed by atoms with Gasteiger partial charge in [-0.15, -0.1) is 11.8 Å². The number of nitrogens with one attached hydrogen (secondary N) is 1. The van der Waals surface area contributed by atoms with E-state index in [-0.39, 0.29) is 11.0 Å². The Hall–Kier alpha value is -2.20. The summed E-state index contributed by atoms with van der Waals surface area (Å²) < 4.78 is 0. The van der Waals surface area contributed by atoms with Gasteiger partial charge in [0.2, 0.25) is 0 Å². The number of benzene rings is 3. The molecular weight excluding hydrogens is 397 g/mol. The summed E-state index contributed by atoms with van der Waals surface area (Å²) >= 11 is 14.1. The molecule has 1 unspecified atom stereocenters. The van der Waals surface area contributed by atoms with Crippen molar-refractivity contribution in [1.82, 2.24) is 0 Å². The Bertz CT molecular complexity index is 1140. The van der Waals surface area contributed by atoms with Crippen molar-refractivity contribution in [1.29, 1.82) is 0 Å². The molecule has 5 rings (SSSR count). The van der Waals surface area contributed by atoms with Crippen LogP contribution in [0.3, 0.4) is 0 Å². The summed E-state index contributed by atoms with van der Waals surface area (Å²) in [7, 11) is 0. The zero-order chi connectivity index (χ0) is 18.5. The van der Waals surface area contributed by atoms with Crippen LogP contribution in [0.25, 0.3) is 5.70 Å². The molecule has 1 aliphatic heterocycles. The normalized spacial score (nSPS) is 17.7. The third-order valence-corrected chi connectivity index (χ3v) is 6.95. The predicted molar refractivity (Wildman–Crippen MR) is 113 cm³/mol. The minimum absolute atomic E-state index is 0.0597. The van der Waals surface area contributed by atoms with Gasteiger partial charge in [-0.1, -0.05) is 65.7 Å². The van der Waals surface area contributed by atoms with Crippen LogP contribution in [0.1, 0.15) is 26.7 Å². The van der Waals surface area contributed by atoms with Crippen molar-refractivity contribution < 1.29 is 4.79 Å². The fourth-order valence-electron chi connectivity index (χ4n) is 3.59. The topological polar surface area (TPSA) is 29.1 Å². The Morgan fingerprint density at radius 2 is 1.59 bits per heavy atom. The lowest BCUT2D eigenvalue weighted by Gasteiger charge is -2.18. The van der Waals surface area contributed by atoms with Gasteiger partial charge in [-0.2, -0.15) is 0 Å². The van der Waals surface area contributed by atoms with Crippen LogP contribution in [0.4, 0.5) is 5.69 Å². The average molecular weight is 410 g/mol. The zero-order valence-corrected chi connectivity index (χ0v) is 16.3. The zero-order valence-electron chi connectivity index (χ0n) is 14.0. The molecular formula is C22H13Cl2NOS. The molecule has 27 heavy (non-hydrogen) atoms. The van der Waals surface area contributed by atoms with E-state index < -0.39 is 0 Å². The third kappa shape index (κ3) is 2.69. The van der Waals surface area contributed by atoms with E-state index in [9.17, 15) is 4.79 Å². The molecule has 0 spiro atoms. The fraction of sp³-hybridized carbons (Fsp3) is 0.0455. The highest BCUT2D eigenvalue weighted by atomic mass is 35.5. The molecule has 0 bridgehead atoms. The molecule has 0 saturated heterocycles. The number of carbonyl (C=O) groups excluding carboxylic acids is 1. The average Bonchev–Trinajstić information content (AvgIpc) is 2.85. The van der Waals surface area contributed by atoms with Crippen molar-refractivity contribution in [2.24, 2.45) is 0 Å². The second kappa shape index (κ2) is 6.45. The molecule has 1 heterocycles. The summed E-state index contributed by atoms with van der Waals surface area (Å²) in [4.78, 5) is 14.4. The number of para-hydroxylation sites is 1. The standard InChI is InChI=1S/C22H13Cl2NOS/c23-15-10-9-12(11-16(15)24)22-19-20(13-5-1-2-6-14(13)21(19)26)25-17-7-3-4-8-18(17)27-22/h1-11,22,25H. The van der Waals surface area contributed by atoms with E-state index in [2.05, 4.69) is 11.4 Å². The Balaban J connectivity index is 1.75. The number of halogens is 2. The first-order valence-corrected chi connectivity index (χ1v) is 10.1. The van der Waals surface area contributed by atoms with Crippen molar-refractivity contribution in [3.8, 4) is 0 Å². The van der Waals surface area contributed by atoms with E-state index in [0.717, 1.165) is 38.5 Å². The van der Waals surface area contributed by atoms with Gasteiger partial charge in [0, 0.05) is 21.6 Å². The third-order valence-electron chi connectivity index (χ3n) is 4.86. The highest BCUT2D eigenvalue weighted by Crippen LogP contribution is 2.52. The first-order valence-electron chi connectivity index (χ1n) is 8.49. The fourth-order valence-corrected chi connectivity index (χ4v) is 5.18. The van der Waals surface area contributed by atoms with Crippen molar-refractivity contribution in [3.63, 3.8) is 0 Å². The van der Waals surface area contributed by atoms with Crippen LogP contribution in [-0.4, -0.2) is 5.78 Å². The second-order valence-electron chi connectivity index (χ2n) is 6.46. The highest BCUT2D eigenvalue weighted by Gasteiger charge is 2.38. The molecule has 0 aromatic heterocycles. The molecule has 1 aliphatic carbocycles. The number of fused-ring (bicyclic) bond motifs is 3. The summed E-state index contributed by atoms with van der Waals surface area (Å²) in [5.41, 5.74) is 5.28. The first-order chi connectivity index (χ1) is 13.1. The molecule has 132 valence electrons. The van der Waals surface area contributed by atoms with Crippen LogP contribution < -0.4 is 5.32 Å². The smallest absolute Gasteiger partial charge is 0.193 e. The first kappa shape index (κ1) is 16.9. The van der Waals surface area contributed by atoms with E-state index in [1.807, 2.05) is 54.6 Å². The van der Waals surface area contributed by atoms with Gasteiger partial charge in [-0.3, -0.25) is 4.79 Å². The summed E-state index contributed by atoms with van der Waals surface area (Å²) in [6.07, 6.45) is 0. The van der Waals surface area contributed by atoms with Gasteiger partial charge in [0.05, 0.1) is 26.7 Å². The lowest BCUT2D eigenvalue weighted by Crippen LogP contribution is -2.07. The molecule has 1 atom stereocenters. The molecule has 0 fully saturated rings. The number of Topliss-reactive ketones (excluding diaryl/α,β-unsaturated/α-hetero) is 1. The Labute approximate surface area is 171 Å². The van der Waals surface area contributed by atoms with Gasteiger partial charge in [0.15, 0.2) is 5.78 Å². The number of hydrogen-bond donors (Lipinski definition) is 1. The number of rotatable bonds is 1. The molecule has 3 aromatic carbocycles. The number of thioether (sulfide) groups is 1. The van der Waals surface area contributed by atoms with Gasteiger partial charge in [-0.25, -0.2) is 0 Å². The number of hydrogen-bond acceptors (Lipinski definition) is 3. The van der Waals surface area contributed by atoms with Crippen LogP contribution in [0, 0.1) is 0 Å². The largest absolute Gasteiger partial charge is 0.354 e. The maximum atomic E-state index is 13.3. The van der Waals surface area contributed by atoms with E-state index in [4.69, 9.17) is 23.2 Å². The predicted octanol–water partition coefficient (Wildman–Crippen LogP) is 6.86. The Morgan fingerprint density at radius 1 is 0.852 bits per heavy atom. The maximum absolute atomic E-state index is 13.3. The summed E-state index contributed by atoms with van der Waals surface area (Å²) in [5, 5.41) is 4.34. The van der Waals surface area contributed by atoms with E-state index in [1.165, 1.54) is 0 Å². The maximum Gasteiger partial charge on any atom is 0.193 e. The molecule has 3 aromatic rings. The minimum atomic E-state index is -0.175. The molecule has 0 amide bonds. The molecule has 1 N–H and O–H groups in total. The lowest BCUT2D eigenvalue weighted by atomic mass is 10.0. The Morgan fingerprint density at radius 3 is 2.41 bits per heavy atom. The minimum Gasteiger partial charge on any atom is -0.354 e. The van der Waals surface area contributed by atoms with Gasteiger partial charge in [-0.05, 0) is 29.8 Å². The van der Waals surface area contributed by atoms with Gasteiger partial charge in [0.25, 0.3) is 0 Å². The van der Waals surface area contributed by atoms with E-state index in [1.54, 1.807) is 17.8 Å². The van der Waals surface area contributed by atoms with Crippen LogP contribution >= 0.6 is 35.0 Å². The van der Waals surface area contributed by atoms with E-state index >= 15 is 0 Å². The van der Waals surface area contributed by atoms with Crippen LogP contribution in [0.5, 0.6) is 0 Å². The van der Waals surface area contributed by atoms with Crippen molar-refractivity contribution >= 4 is 52.1 Å². The number of anilines is 1. The second-order valence-corrected chi connectivity index (χ2v) is 8.42. The highest BCUT2D eigenvalue weighted by molar-refractivity contribution is 8.00. The molecule has 0 saturated carbocycles. The van der Waals surface area contributed by atoms with Crippen molar-refractivity contribution in [3.05, 3.63) is 99.0 Å². The van der Waals surface area contributed by atoms with Crippen LogP contribution in [0.2, 0.25) is 10.0 Å². The SMILES string of the molecule is O=C1C2=C(Nc3ccccc3SC2c2ccc(Cl)c(Cl)c2)c2ccccc21. The summed E-state index contributed by atoms with van der Waals surface area (Å²) in [5.74, 6) is 0.0597. The van der Waals surface area contributed by atoms with Gasteiger partial charge >= 0.3 is 0 Å². The molecule has 2 aliphatic rings. The lowest BCUT2D eigenvalue weighted by molar-refractivity contribution is 0.103. The monoisotopic (exact) mass is 409 g/mol. The molecule has 0 radical (unpaired) electrons. The van der Waals surface area contributed by atoms with Gasteiger partial charge < -0.3 is 5.32 Å². The Kier molecular flexibility index (Phi) is 4.05. The summed E-state index contributed by atoms with van der Waals surface area (Å²) in [6, 6.07) is 21.4. The van der Waals surface area contributed by atoms with Crippen molar-refractivity contribution in [2.75, 3.05) is 5.32 Å². The number of carbonyl (C=O) groups is 1. The summed E-state index contributed by atoms with van der Waals surface area (Å²) in [6.45, 7) is 0. The van der Waals surface area contributed by atoms with Crippen LogP contribution in [-0.2, 0) is 0 Å². The van der Waals surface area contributed by atoms with Crippen LogP contribution in [0.15, 0.2) is 77.2 Å². The van der Waals surface area contributed by atoms with Gasteiger partial charge in [0.1, 0.15) is 0 Å². The molecule has 5 heteroatoms. The quantitative estimate of drug-likeness (QED) is 0.475. The van der Waals surface area contributed by atoms with E-state index in [0.29, 0.717) is 10.0 Å². The number of ketones is 1. The molecule has 2 nitrogen and oxygen atoms in total. The van der Waals surface area contributed by atoms with Crippen molar-refractivity contribution in [2.45, 2.75) is 10.1 Å².